The molecule has 0 aromatic heterocycles. The zero-order chi connectivity index (χ0) is 7.73. The average molecular weight is 155 g/mol. The first-order valence-electron chi connectivity index (χ1n) is 4.70. The molecule has 0 amide bonds. The van der Waals surface area contributed by atoms with Gasteiger partial charge in [0, 0.05) is 0 Å². The SMILES string of the molecule is OC1CCC2(CCNCC2)C1. The summed E-state index contributed by atoms with van der Waals surface area (Å²) >= 11 is 0. The van der Waals surface area contributed by atoms with Crippen molar-refractivity contribution in [3.63, 3.8) is 0 Å². The molecular formula is C9H17NO. The molecule has 1 aliphatic carbocycles. The van der Waals surface area contributed by atoms with E-state index >= 15 is 0 Å². The summed E-state index contributed by atoms with van der Waals surface area (Å²) < 4.78 is 0. The lowest BCUT2D eigenvalue weighted by atomic mass is 9.77. The highest BCUT2D eigenvalue weighted by atomic mass is 16.3. The van der Waals surface area contributed by atoms with Crippen molar-refractivity contribution in [3.05, 3.63) is 0 Å². The van der Waals surface area contributed by atoms with Gasteiger partial charge in [0.1, 0.15) is 0 Å². The van der Waals surface area contributed by atoms with E-state index in [1.54, 1.807) is 0 Å². The van der Waals surface area contributed by atoms with E-state index in [0.717, 1.165) is 25.9 Å². The molecule has 2 fully saturated rings. The van der Waals surface area contributed by atoms with Gasteiger partial charge in [0.2, 0.25) is 0 Å². The van der Waals surface area contributed by atoms with E-state index < -0.39 is 0 Å². The smallest absolute Gasteiger partial charge is 0.0545 e. The van der Waals surface area contributed by atoms with Crippen molar-refractivity contribution in [1.82, 2.24) is 5.32 Å². The molecule has 1 spiro atoms. The van der Waals surface area contributed by atoms with Crippen molar-refractivity contribution >= 4 is 0 Å². The van der Waals surface area contributed by atoms with Crippen LogP contribution < -0.4 is 5.32 Å². The second kappa shape index (κ2) is 2.76. The first-order chi connectivity index (χ1) is 5.31. The van der Waals surface area contributed by atoms with Gasteiger partial charge in [-0.2, -0.15) is 0 Å². The second-order valence-electron chi connectivity index (χ2n) is 4.15. The third-order valence-corrected chi connectivity index (χ3v) is 3.34. The summed E-state index contributed by atoms with van der Waals surface area (Å²) in [5.41, 5.74) is 0.532. The lowest BCUT2D eigenvalue weighted by Gasteiger charge is -2.33. The third kappa shape index (κ3) is 1.42. The topological polar surface area (TPSA) is 32.3 Å². The summed E-state index contributed by atoms with van der Waals surface area (Å²) in [7, 11) is 0. The van der Waals surface area contributed by atoms with Crippen molar-refractivity contribution in [2.24, 2.45) is 5.41 Å². The van der Waals surface area contributed by atoms with Crippen LogP contribution in [-0.4, -0.2) is 24.3 Å². The molecule has 1 saturated carbocycles. The van der Waals surface area contributed by atoms with E-state index in [2.05, 4.69) is 5.32 Å². The Kier molecular flexibility index (Phi) is 1.90. The van der Waals surface area contributed by atoms with Crippen LogP contribution in [-0.2, 0) is 0 Å². The molecular weight excluding hydrogens is 138 g/mol. The summed E-state index contributed by atoms with van der Waals surface area (Å²) in [5.74, 6) is 0. The number of rotatable bonds is 0. The van der Waals surface area contributed by atoms with Crippen LogP contribution in [0.15, 0.2) is 0 Å². The summed E-state index contributed by atoms with van der Waals surface area (Å²) in [4.78, 5) is 0. The van der Waals surface area contributed by atoms with Gasteiger partial charge in [-0.3, -0.25) is 0 Å². The largest absolute Gasteiger partial charge is 0.393 e. The molecule has 0 radical (unpaired) electrons. The zero-order valence-corrected chi connectivity index (χ0v) is 6.97. The van der Waals surface area contributed by atoms with E-state index in [0.29, 0.717) is 5.41 Å². The molecule has 2 heteroatoms. The Morgan fingerprint density at radius 1 is 1.18 bits per heavy atom. The van der Waals surface area contributed by atoms with Crippen LogP contribution in [0.4, 0.5) is 0 Å². The quantitative estimate of drug-likeness (QED) is 0.545. The van der Waals surface area contributed by atoms with Gasteiger partial charge in [0.15, 0.2) is 0 Å². The maximum atomic E-state index is 9.43. The van der Waals surface area contributed by atoms with Crippen LogP contribution in [0.2, 0.25) is 0 Å². The van der Waals surface area contributed by atoms with E-state index in [1.807, 2.05) is 0 Å². The monoisotopic (exact) mass is 155 g/mol. The molecule has 2 rings (SSSR count). The van der Waals surface area contributed by atoms with Crippen LogP contribution in [0.1, 0.15) is 32.1 Å². The van der Waals surface area contributed by atoms with E-state index in [1.165, 1.54) is 19.3 Å². The molecule has 1 unspecified atom stereocenters. The fourth-order valence-electron chi connectivity index (χ4n) is 2.59. The second-order valence-corrected chi connectivity index (χ2v) is 4.15. The van der Waals surface area contributed by atoms with Crippen LogP contribution in [0.25, 0.3) is 0 Å². The van der Waals surface area contributed by atoms with E-state index in [9.17, 15) is 5.11 Å². The average Bonchev–Trinajstić information content (AvgIpc) is 2.34. The lowest BCUT2D eigenvalue weighted by Crippen LogP contribution is -2.35. The van der Waals surface area contributed by atoms with Gasteiger partial charge >= 0.3 is 0 Å². The van der Waals surface area contributed by atoms with Gasteiger partial charge in [-0.1, -0.05) is 0 Å². The maximum Gasteiger partial charge on any atom is 0.0545 e. The van der Waals surface area contributed by atoms with Crippen molar-refractivity contribution in [1.29, 1.82) is 0 Å². The Labute approximate surface area is 68.0 Å². The van der Waals surface area contributed by atoms with Crippen LogP contribution in [0.3, 0.4) is 0 Å². The number of aliphatic hydroxyl groups excluding tert-OH is 1. The minimum Gasteiger partial charge on any atom is -0.393 e. The Bertz CT molecular complexity index is 135. The van der Waals surface area contributed by atoms with Crippen LogP contribution in [0.5, 0.6) is 0 Å². The summed E-state index contributed by atoms with van der Waals surface area (Å²) in [6, 6.07) is 0. The Balaban J connectivity index is 1.98. The fourth-order valence-corrected chi connectivity index (χ4v) is 2.59. The molecule has 0 bridgehead atoms. The molecule has 64 valence electrons. The molecule has 2 aliphatic rings. The summed E-state index contributed by atoms with van der Waals surface area (Å²) in [6.45, 7) is 2.32. The molecule has 2 nitrogen and oxygen atoms in total. The standard InChI is InChI=1S/C9H17NO/c11-8-1-2-9(7-8)3-5-10-6-4-9/h8,10-11H,1-7H2. The van der Waals surface area contributed by atoms with Gasteiger partial charge in [0.05, 0.1) is 6.10 Å². The molecule has 0 aromatic rings. The lowest BCUT2D eigenvalue weighted by molar-refractivity contribution is 0.140. The number of nitrogens with one attached hydrogen (secondary N) is 1. The molecule has 1 heterocycles. The fraction of sp³-hybridized carbons (Fsp3) is 1.00. The van der Waals surface area contributed by atoms with Crippen molar-refractivity contribution in [3.8, 4) is 0 Å². The number of hydrogen-bond acceptors (Lipinski definition) is 2. The first kappa shape index (κ1) is 7.56. The van der Waals surface area contributed by atoms with Crippen LogP contribution in [0, 0.1) is 5.41 Å². The molecule has 2 N–H and O–H groups in total. The molecule has 11 heavy (non-hydrogen) atoms. The first-order valence-corrected chi connectivity index (χ1v) is 4.70. The van der Waals surface area contributed by atoms with Crippen LogP contribution >= 0.6 is 0 Å². The Morgan fingerprint density at radius 2 is 1.91 bits per heavy atom. The van der Waals surface area contributed by atoms with Gasteiger partial charge in [-0.15, -0.1) is 0 Å². The maximum absolute atomic E-state index is 9.43. The zero-order valence-electron chi connectivity index (χ0n) is 6.97. The Hall–Kier alpha value is -0.0800. The minimum absolute atomic E-state index is 0.00750. The number of aliphatic hydroxyl groups is 1. The summed E-state index contributed by atoms with van der Waals surface area (Å²) in [6.07, 6.45) is 5.94. The van der Waals surface area contributed by atoms with Gasteiger partial charge in [-0.05, 0) is 50.6 Å². The van der Waals surface area contributed by atoms with E-state index in [4.69, 9.17) is 0 Å². The normalized spacial score (nSPS) is 36.3. The number of hydrogen-bond donors (Lipinski definition) is 2. The molecule has 1 saturated heterocycles. The van der Waals surface area contributed by atoms with Crippen molar-refractivity contribution in [2.45, 2.75) is 38.2 Å². The van der Waals surface area contributed by atoms with E-state index in [-0.39, 0.29) is 6.10 Å². The highest BCUT2D eigenvalue weighted by Crippen LogP contribution is 2.44. The van der Waals surface area contributed by atoms with Gasteiger partial charge < -0.3 is 10.4 Å². The summed E-state index contributed by atoms with van der Waals surface area (Å²) in [5, 5.41) is 12.8. The van der Waals surface area contributed by atoms with Gasteiger partial charge in [-0.25, -0.2) is 0 Å². The molecule has 1 aliphatic heterocycles. The van der Waals surface area contributed by atoms with Crippen molar-refractivity contribution in [2.75, 3.05) is 13.1 Å². The molecule has 1 atom stereocenters. The predicted molar refractivity (Wildman–Crippen MR) is 44.4 cm³/mol. The van der Waals surface area contributed by atoms with Gasteiger partial charge in [0.25, 0.3) is 0 Å². The van der Waals surface area contributed by atoms with Crippen molar-refractivity contribution < 1.29 is 5.11 Å². The minimum atomic E-state index is 0.00750. The molecule has 0 aromatic carbocycles. The predicted octanol–water partition coefficient (Wildman–Crippen LogP) is 0.901. The third-order valence-electron chi connectivity index (χ3n) is 3.34. The highest BCUT2D eigenvalue weighted by molar-refractivity contribution is 4.92. The number of piperidine rings is 1. The Morgan fingerprint density at radius 3 is 2.45 bits per heavy atom. The highest BCUT2D eigenvalue weighted by Gasteiger charge is 2.38.